The Morgan fingerprint density at radius 3 is 2.02 bits per heavy atom. The molecule has 0 amide bonds. The predicted molar refractivity (Wildman–Crippen MR) is 162 cm³/mol. The molecule has 1 aliphatic carbocycles. The zero-order valence-corrected chi connectivity index (χ0v) is 25.0. The average molecular weight is 635 g/mol. The molecule has 1 heterocycles. The van der Waals surface area contributed by atoms with Crippen molar-refractivity contribution in [2.75, 3.05) is 6.54 Å². The minimum absolute atomic E-state index is 0.0215. The number of hydrazone groups is 1. The Labute approximate surface area is 250 Å². The number of guanidine groups is 1. The van der Waals surface area contributed by atoms with Crippen LogP contribution in [0.5, 0.6) is 0 Å². The molecular weight excluding hydrogens is 605 g/mol. The van der Waals surface area contributed by atoms with Crippen LogP contribution < -0.4 is 9.86 Å². The minimum Gasteiger partial charge on any atom is -0.248 e. The van der Waals surface area contributed by atoms with Crippen LogP contribution in [0.25, 0.3) is 0 Å². The van der Waals surface area contributed by atoms with Crippen LogP contribution in [-0.4, -0.2) is 51.4 Å². The summed E-state index contributed by atoms with van der Waals surface area (Å²) in [7, 11) is -7.71. The smallest absolute Gasteiger partial charge is 0.248 e. The summed E-state index contributed by atoms with van der Waals surface area (Å²) in [6, 6.07) is 22.7. The maximum atomic E-state index is 13.5. The molecule has 0 radical (unpaired) electrons. The molecule has 41 heavy (non-hydrogen) atoms. The number of nitrogens with zero attached hydrogens (tertiary/aromatic N) is 3. The maximum absolute atomic E-state index is 13.5. The second kappa shape index (κ2) is 12.1. The van der Waals surface area contributed by atoms with Gasteiger partial charge in [-0.2, -0.15) is 5.10 Å². The molecule has 1 saturated carbocycles. The Bertz CT molecular complexity index is 1660. The summed E-state index contributed by atoms with van der Waals surface area (Å²) in [5, 5.41) is 12.2. The van der Waals surface area contributed by atoms with Crippen molar-refractivity contribution in [3.05, 3.63) is 100 Å². The van der Waals surface area contributed by atoms with Crippen LogP contribution in [0.15, 0.2) is 93.9 Å². The van der Waals surface area contributed by atoms with E-state index in [0.29, 0.717) is 42.3 Å². The second-order valence-electron chi connectivity index (χ2n) is 10.1. The molecule has 2 aliphatic rings. The normalized spacial score (nSPS) is 21.9. The molecule has 1 atom stereocenters. The number of primary sulfonamides is 1. The third-order valence-electron chi connectivity index (χ3n) is 7.26. The molecule has 216 valence electrons. The molecule has 0 unspecified atom stereocenters. The van der Waals surface area contributed by atoms with Crippen LogP contribution >= 0.6 is 23.2 Å². The van der Waals surface area contributed by atoms with E-state index < -0.39 is 25.3 Å². The summed E-state index contributed by atoms with van der Waals surface area (Å²) >= 11 is 12.1. The number of nitrogens with two attached hydrogens (primary N) is 1. The SMILES string of the molecule is NS(=O)(=O)C1CCC(/N=C(\NS(=O)(=O)c2ccc(Cl)cc2)N2C[C@@H](c3ccccc3)C(c3ccc(Cl)cc3)=N2)CC1. The zero-order valence-electron chi connectivity index (χ0n) is 21.9. The van der Waals surface area contributed by atoms with Crippen molar-refractivity contribution in [3.8, 4) is 0 Å². The number of hydrogen-bond acceptors (Lipinski definition) is 6. The van der Waals surface area contributed by atoms with Crippen molar-refractivity contribution in [3.63, 3.8) is 0 Å². The zero-order chi connectivity index (χ0) is 29.2. The summed E-state index contributed by atoms with van der Waals surface area (Å²) in [5.41, 5.74) is 2.60. The van der Waals surface area contributed by atoms with Crippen LogP contribution in [0.1, 0.15) is 42.7 Å². The highest BCUT2D eigenvalue weighted by Crippen LogP contribution is 2.31. The molecule has 1 fully saturated rings. The summed E-state index contributed by atoms with van der Waals surface area (Å²) in [4.78, 5) is 4.82. The summed E-state index contributed by atoms with van der Waals surface area (Å²) < 4.78 is 53.3. The number of sulfonamides is 2. The first-order chi connectivity index (χ1) is 19.5. The molecule has 1 aliphatic heterocycles. The van der Waals surface area contributed by atoms with Crippen LogP contribution in [-0.2, 0) is 20.0 Å². The quantitative estimate of drug-likeness (QED) is 0.299. The van der Waals surface area contributed by atoms with Gasteiger partial charge in [0.05, 0.1) is 28.4 Å². The van der Waals surface area contributed by atoms with Gasteiger partial charge in [0.2, 0.25) is 16.0 Å². The molecule has 0 saturated heterocycles. The highest BCUT2D eigenvalue weighted by molar-refractivity contribution is 7.90. The van der Waals surface area contributed by atoms with Gasteiger partial charge in [-0.3, -0.25) is 0 Å². The first kappa shape index (κ1) is 29.5. The molecular formula is C28H29Cl2N5O4S2. The lowest BCUT2D eigenvalue weighted by Crippen LogP contribution is -2.42. The van der Waals surface area contributed by atoms with Crippen molar-refractivity contribution < 1.29 is 16.8 Å². The third kappa shape index (κ3) is 7.10. The molecule has 3 aromatic rings. The van der Waals surface area contributed by atoms with Gasteiger partial charge in [0.15, 0.2) is 0 Å². The van der Waals surface area contributed by atoms with Crippen LogP contribution in [0, 0.1) is 0 Å². The van der Waals surface area contributed by atoms with Gasteiger partial charge in [-0.05, 0) is 73.2 Å². The van der Waals surface area contributed by atoms with Crippen LogP contribution in [0.3, 0.4) is 0 Å². The Balaban J connectivity index is 1.52. The van der Waals surface area contributed by atoms with Crippen LogP contribution in [0.2, 0.25) is 10.0 Å². The molecule has 3 aromatic carbocycles. The maximum Gasteiger partial charge on any atom is 0.264 e. The number of benzene rings is 3. The highest BCUT2D eigenvalue weighted by atomic mass is 35.5. The van der Waals surface area contributed by atoms with Gasteiger partial charge in [-0.1, -0.05) is 65.7 Å². The van der Waals surface area contributed by atoms with Crippen molar-refractivity contribution in [2.24, 2.45) is 15.2 Å². The second-order valence-corrected chi connectivity index (χ2v) is 14.5. The van der Waals surface area contributed by atoms with Crippen molar-refractivity contribution in [2.45, 2.75) is 47.8 Å². The van der Waals surface area contributed by atoms with Gasteiger partial charge in [0.1, 0.15) is 0 Å². The monoisotopic (exact) mass is 633 g/mol. The van der Waals surface area contributed by atoms with E-state index >= 15 is 0 Å². The fourth-order valence-electron chi connectivity index (χ4n) is 5.08. The predicted octanol–water partition coefficient (Wildman–Crippen LogP) is 4.73. The summed E-state index contributed by atoms with van der Waals surface area (Å²) in [6.45, 7) is 0.330. The van der Waals surface area contributed by atoms with Crippen molar-refractivity contribution in [1.82, 2.24) is 9.73 Å². The molecule has 0 aromatic heterocycles. The lowest BCUT2D eigenvalue weighted by atomic mass is 9.91. The van der Waals surface area contributed by atoms with Crippen molar-refractivity contribution in [1.29, 1.82) is 0 Å². The van der Waals surface area contributed by atoms with Gasteiger partial charge in [-0.15, -0.1) is 0 Å². The number of hydrogen-bond donors (Lipinski definition) is 2. The fourth-order valence-corrected chi connectivity index (χ4v) is 7.27. The third-order valence-corrected chi connectivity index (χ3v) is 10.5. The number of aliphatic imine (C=N–C) groups is 1. The Morgan fingerprint density at radius 2 is 1.44 bits per heavy atom. The Hall–Kier alpha value is -2.96. The Kier molecular flexibility index (Phi) is 8.72. The van der Waals surface area contributed by atoms with Gasteiger partial charge < -0.3 is 0 Å². The van der Waals surface area contributed by atoms with E-state index in [0.717, 1.165) is 16.8 Å². The topological polar surface area (TPSA) is 134 Å². The number of rotatable bonds is 6. The van der Waals surface area contributed by atoms with E-state index in [-0.39, 0.29) is 22.8 Å². The molecule has 9 nitrogen and oxygen atoms in total. The lowest BCUT2D eigenvalue weighted by molar-refractivity contribution is 0.416. The van der Waals surface area contributed by atoms with E-state index in [1.165, 1.54) is 24.3 Å². The minimum atomic E-state index is -4.05. The molecule has 5 rings (SSSR count). The van der Waals surface area contributed by atoms with Crippen LogP contribution in [0.4, 0.5) is 0 Å². The largest absolute Gasteiger partial charge is 0.264 e. The molecule has 0 bridgehead atoms. The van der Waals surface area contributed by atoms with E-state index in [4.69, 9.17) is 38.4 Å². The molecule has 0 spiro atoms. The average Bonchev–Trinajstić information content (AvgIpc) is 3.39. The summed E-state index contributed by atoms with van der Waals surface area (Å²) in [5.74, 6) is -0.121. The fraction of sp³-hybridized carbons (Fsp3) is 0.286. The van der Waals surface area contributed by atoms with E-state index in [1.54, 1.807) is 17.1 Å². The molecule has 13 heteroatoms. The molecule has 3 N–H and O–H groups in total. The first-order valence-corrected chi connectivity index (χ1v) is 16.9. The first-order valence-electron chi connectivity index (χ1n) is 13.0. The van der Waals surface area contributed by atoms with Gasteiger partial charge >= 0.3 is 0 Å². The summed E-state index contributed by atoms with van der Waals surface area (Å²) in [6.07, 6.45) is 1.57. The number of nitrogens with one attached hydrogen (secondary N) is 1. The Morgan fingerprint density at radius 1 is 0.854 bits per heavy atom. The van der Waals surface area contributed by atoms with E-state index in [1.807, 2.05) is 42.5 Å². The van der Waals surface area contributed by atoms with Gasteiger partial charge in [0, 0.05) is 16.0 Å². The van der Waals surface area contributed by atoms with Gasteiger partial charge in [-0.25, -0.2) is 36.7 Å². The lowest BCUT2D eigenvalue weighted by Gasteiger charge is -2.27. The van der Waals surface area contributed by atoms with E-state index in [9.17, 15) is 16.8 Å². The number of halogens is 2. The highest BCUT2D eigenvalue weighted by Gasteiger charge is 2.35. The van der Waals surface area contributed by atoms with E-state index in [2.05, 4.69) is 4.72 Å². The standard InChI is InChI=1S/C28H29Cl2N5O4S2/c29-21-8-6-20(7-9-21)27-26(19-4-2-1-3-5-19)18-35(33-27)28(32-23-12-16-24(17-13-23)40(31,36)37)34-41(38,39)25-14-10-22(30)11-15-25/h1-11,14-15,23-24,26H,12-13,16-18H2,(H,32,34)(H2,31,36,37)/t23?,24?,26-/m0/s1. The van der Waals surface area contributed by atoms with Gasteiger partial charge in [0.25, 0.3) is 10.0 Å². The van der Waals surface area contributed by atoms with Crippen molar-refractivity contribution >= 4 is 54.9 Å².